The highest BCUT2D eigenvalue weighted by atomic mass is 35.5. The molecule has 0 aliphatic carbocycles. The van der Waals surface area contributed by atoms with E-state index < -0.39 is 13.5 Å². The Morgan fingerprint density at radius 1 is 1.07 bits per heavy atom. The fourth-order valence-corrected chi connectivity index (χ4v) is 4.76. The first kappa shape index (κ1) is 23.3. The zero-order valence-corrected chi connectivity index (χ0v) is 18.5. The maximum Gasteiger partial charge on any atom is 0.377 e. The Balaban J connectivity index is 2.55. The van der Waals surface area contributed by atoms with Crippen molar-refractivity contribution >= 4 is 36.1 Å². The van der Waals surface area contributed by atoms with E-state index in [0.717, 1.165) is 5.56 Å². The largest absolute Gasteiger partial charge is 0.377 e. The summed E-state index contributed by atoms with van der Waals surface area (Å²) in [7, 11) is -3.74. The number of halogens is 1. The number of ketones is 1. The Kier molecular flexibility index (Phi) is 9.05. The highest BCUT2D eigenvalue weighted by molar-refractivity contribution is 7.72. The van der Waals surface area contributed by atoms with Crippen LogP contribution < -0.4 is 5.43 Å². The molecule has 0 saturated carbocycles. The van der Waals surface area contributed by atoms with E-state index in [0.29, 0.717) is 10.7 Å². The van der Waals surface area contributed by atoms with Crippen molar-refractivity contribution in [1.82, 2.24) is 0 Å². The van der Waals surface area contributed by atoms with Crippen molar-refractivity contribution in [3.05, 3.63) is 65.2 Å². The Bertz CT molecular complexity index is 862. The summed E-state index contributed by atoms with van der Waals surface area (Å²) >= 11 is 5.93. The molecule has 0 bridgehead atoms. The first-order valence-corrected chi connectivity index (χ1v) is 11.3. The Morgan fingerprint density at radius 3 is 2.17 bits per heavy atom. The summed E-state index contributed by atoms with van der Waals surface area (Å²) in [5.74, 6) is -0.616. The molecular weight excluding hydrogens is 411 g/mol. The molecule has 0 aliphatic rings. The van der Waals surface area contributed by atoms with Gasteiger partial charge in [-0.15, -0.1) is 0 Å². The van der Waals surface area contributed by atoms with Crippen LogP contribution in [0.3, 0.4) is 0 Å². The van der Waals surface area contributed by atoms with E-state index in [1.54, 1.807) is 38.1 Å². The third kappa shape index (κ3) is 6.79. The number of nitrogens with zero attached hydrogens (tertiary/aromatic N) is 1. The Hall–Kier alpha value is -1.98. The molecule has 2 aromatic carbocycles. The van der Waals surface area contributed by atoms with E-state index in [1.165, 1.54) is 6.92 Å². The second kappa shape index (κ2) is 11.3. The summed E-state index contributed by atoms with van der Waals surface area (Å²) in [6, 6.07) is 16.3. The number of hydrazone groups is 1. The number of anilines is 1. The van der Waals surface area contributed by atoms with Gasteiger partial charge in [-0.05, 0) is 50.6 Å². The van der Waals surface area contributed by atoms with Gasteiger partial charge < -0.3 is 9.05 Å². The van der Waals surface area contributed by atoms with Gasteiger partial charge in [-0.1, -0.05) is 41.9 Å². The van der Waals surface area contributed by atoms with Crippen molar-refractivity contribution < 1.29 is 18.4 Å². The number of carbonyl (C=O) groups excluding carboxylic acids is 1. The van der Waals surface area contributed by atoms with Gasteiger partial charge >= 0.3 is 7.60 Å². The lowest BCUT2D eigenvalue weighted by atomic mass is 9.95. The molecule has 0 radical (unpaired) electrons. The highest BCUT2D eigenvalue weighted by Crippen LogP contribution is 2.54. The maximum absolute atomic E-state index is 13.6. The van der Waals surface area contributed by atoms with Gasteiger partial charge in [-0.3, -0.25) is 14.8 Å². The smallest absolute Gasteiger partial charge is 0.305 e. The van der Waals surface area contributed by atoms with Gasteiger partial charge in [0, 0.05) is 17.4 Å². The molecule has 0 heterocycles. The van der Waals surface area contributed by atoms with Crippen LogP contribution in [0.5, 0.6) is 0 Å². The van der Waals surface area contributed by atoms with Crippen LogP contribution in [0.25, 0.3) is 0 Å². The number of hydrogen-bond donors (Lipinski definition) is 1. The lowest BCUT2D eigenvalue weighted by Crippen LogP contribution is -2.20. The lowest BCUT2D eigenvalue weighted by molar-refractivity contribution is -0.117. The molecule has 6 nitrogen and oxygen atoms in total. The SMILES string of the molecule is CCOP(=O)(OCC)/C(=N\Nc1ccc(Cl)cc1)C(CC(C)=O)c1ccccc1. The van der Waals surface area contributed by atoms with Gasteiger partial charge in [-0.25, -0.2) is 0 Å². The molecule has 0 saturated heterocycles. The molecular formula is C21H26ClN2O4P. The predicted octanol–water partition coefficient (Wildman–Crippen LogP) is 6.09. The number of carbonyl (C=O) groups is 1. The van der Waals surface area contributed by atoms with Gasteiger partial charge in [0.1, 0.15) is 5.78 Å². The summed E-state index contributed by atoms with van der Waals surface area (Å²) in [5, 5.41) is 5.01. The van der Waals surface area contributed by atoms with Crippen molar-refractivity contribution in [1.29, 1.82) is 0 Å². The quantitative estimate of drug-likeness (QED) is 0.262. The molecule has 0 fully saturated rings. The van der Waals surface area contributed by atoms with Crippen molar-refractivity contribution in [2.45, 2.75) is 33.1 Å². The standard InChI is InChI=1S/C21H26ClN2O4P/c1-4-27-29(26,28-5-2)21(24-23-19-13-11-18(22)12-14-19)20(15-16(3)25)17-9-7-6-8-10-17/h6-14,20,23H,4-5,15H2,1-3H3/b24-21-. The first-order chi connectivity index (χ1) is 13.9. The van der Waals surface area contributed by atoms with Crippen LogP contribution in [0.2, 0.25) is 5.02 Å². The van der Waals surface area contributed by atoms with E-state index in [4.69, 9.17) is 20.6 Å². The zero-order chi connectivity index (χ0) is 21.3. The third-order valence-electron chi connectivity index (χ3n) is 4.03. The van der Waals surface area contributed by atoms with E-state index >= 15 is 0 Å². The molecule has 2 aromatic rings. The number of hydrogen-bond acceptors (Lipinski definition) is 6. The van der Waals surface area contributed by atoms with Crippen LogP contribution in [-0.4, -0.2) is 24.4 Å². The minimum absolute atomic E-state index is 0.0578. The van der Waals surface area contributed by atoms with Gasteiger partial charge in [0.2, 0.25) is 0 Å². The van der Waals surface area contributed by atoms with E-state index in [-0.39, 0.29) is 30.9 Å². The van der Waals surface area contributed by atoms with E-state index in [1.807, 2.05) is 30.3 Å². The molecule has 1 unspecified atom stereocenters. The first-order valence-electron chi connectivity index (χ1n) is 9.42. The summed E-state index contributed by atoms with van der Waals surface area (Å²) in [5.41, 5.74) is 4.53. The van der Waals surface area contributed by atoms with Gasteiger partial charge in [0.15, 0.2) is 5.45 Å². The van der Waals surface area contributed by atoms with Gasteiger partial charge in [0.05, 0.1) is 18.9 Å². The van der Waals surface area contributed by atoms with E-state index in [2.05, 4.69) is 10.5 Å². The minimum atomic E-state index is -3.74. The van der Waals surface area contributed by atoms with Crippen LogP contribution in [0.15, 0.2) is 59.7 Å². The predicted molar refractivity (Wildman–Crippen MR) is 118 cm³/mol. The van der Waals surface area contributed by atoms with Crippen molar-refractivity contribution in [3.8, 4) is 0 Å². The molecule has 0 amide bonds. The molecule has 8 heteroatoms. The average Bonchev–Trinajstić information content (AvgIpc) is 2.69. The normalized spacial score (nSPS) is 13.2. The lowest BCUT2D eigenvalue weighted by Gasteiger charge is -2.25. The third-order valence-corrected chi connectivity index (χ3v) is 6.45. The van der Waals surface area contributed by atoms with Gasteiger partial charge in [-0.2, -0.15) is 5.10 Å². The number of benzene rings is 2. The van der Waals surface area contributed by atoms with E-state index in [9.17, 15) is 9.36 Å². The van der Waals surface area contributed by atoms with Crippen LogP contribution in [0.1, 0.15) is 38.7 Å². The number of rotatable bonds is 11. The van der Waals surface area contributed by atoms with Gasteiger partial charge in [0.25, 0.3) is 0 Å². The second-order valence-corrected chi connectivity index (χ2v) is 8.70. The molecule has 1 N–H and O–H groups in total. The fourth-order valence-electron chi connectivity index (χ4n) is 2.82. The summed E-state index contributed by atoms with van der Waals surface area (Å²) < 4.78 is 24.7. The van der Waals surface area contributed by atoms with Crippen LogP contribution in [0, 0.1) is 0 Å². The molecule has 0 aliphatic heterocycles. The zero-order valence-electron chi connectivity index (χ0n) is 16.8. The molecule has 0 aromatic heterocycles. The maximum atomic E-state index is 13.6. The molecule has 0 spiro atoms. The van der Waals surface area contributed by atoms with Crippen molar-refractivity contribution in [3.63, 3.8) is 0 Å². The van der Waals surface area contributed by atoms with Crippen LogP contribution in [-0.2, 0) is 18.4 Å². The van der Waals surface area contributed by atoms with Crippen molar-refractivity contribution in [2.75, 3.05) is 18.6 Å². The Morgan fingerprint density at radius 2 is 1.66 bits per heavy atom. The average molecular weight is 437 g/mol. The molecule has 2 rings (SSSR count). The summed E-state index contributed by atoms with van der Waals surface area (Å²) in [6.45, 7) is 5.32. The monoisotopic (exact) mass is 436 g/mol. The van der Waals surface area contributed by atoms with Crippen LogP contribution in [0.4, 0.5) is 5.69 Å². The van der Waals surface area contributed by atoms with Crippen molar-refractivity contribution in [2.24, 2.45) is 5.10 Å². The molecule has 29 heavy (non-hydrogen) atoms. The number of nitrogens with one attached hydrogen (secondary N) is 1. The molecule has 156 valence electrons. The Labute approximate surface area is 176 Å². The topological polar surface area (TPSA) is 77.0 Å². The minimum Gasteiger partial charge on any atom is -0.305 e. The molecule has 1 atom stereocenters. The highest BCUT2D eigenvalue weighted by Gasteiger charge is 2.39. The van der Waals surface area contributed by atoms with Crippen LogP contribution >= 0.6 is 19.2 Å². The summed E-state index contributed by atoms with van der Waals surface area (Å²) in [6.07, 6.45) is 0.120. The summed E-state index contributed by atoms with van der Waals surface area (Å²) in [4.78, 5) is 12.0. The fraction of sp³-hybridized carbons (Fsp3) is 0.333. The number of Topliss-reactive ketones (excluding diaryl/α,β-unsaturated/α-hetero) is 1. The second-order valence-electron chi connectivity index (χ2n) is 6.29.